The monoisotopic (exact) mass is 482 g/mol. The summed E-state index contributed by atoms with van der Waals surface area (Å²) in [4.78, 5) is 31.0. The average molecular weight is 483 g/mol. The molecular formula is C24H24ClFN6O2. The first-order chi connectivity index (χ1) is 16.4. The minimum atomic E-state index is -0.572. The largest absolute Gasteiger partial charge is 0.417 e. The van der Waals surface area contributed by atoms with Gasteiger partial charge in [0.25, 0.3) is 11.8 Å². The lowest BCUT2D eigenvalue weighted by Crippen LogP contribution is -2.36. The van der Waals surface area contributed by atoms with Crippen LogP contribution in [-0.2, 0) is 32.2 Å². The quantitative estimate of drug-likeness (QED) is 0.554. The fourth-order valence-electron chi connectivity index (χ4n) is 5.20. The first-order valence-corrected chi connectivity index (χ1v) is 11.9. The third-order valence-electron chi connectivity index (χ3n) is 6.98. The summed E-state index contributed by atoms with van der Waals surface area (Å²) < 4.78 is 21.9. The van der Waals surface area contributed by atoms with Crippen molar-refractivity contribution in [3.63, 3.8) is 0 Å². The van der Waals surface area contributed by atoms with Crippen LogP contribution in [-0.4, -0.2) is 49.9 Å². The molecule has 1 amide bonds. The number of ether oxygens (including phenoxy) is 1. The molecule has 0 spiro atoms. The van der Waals surface area contributed by atoms with E-state index < -0.39 is 5.82 Å². The predicted octanol–water partition coefficient (Wildman–Crippen LogP) is 3.60. The Balaban J connectivity index is 1.42. The zero-order chi connectivity index (χ0) is 23.6. The van der Waals surface area contributed by atoms with E-state index >= 15 is 4.39 Å². The summed E-state index contributed by atoms with van der Waals surface area (Å²) in [6.07, 6.45) is 4.31. The topological polar surface area (TPSA) is 96.0 Å². The molecule has 2 aliphatic heterocycles. The molecule has 0 bridgehead atoms. The van der Waals surface area contributed by atoms with Gasteiger partial charge in [0.15, 0.2) is 5.82 Å². The summed E-state index contributed by atoms with van der Waals surface area (Å²) in [5.41, 5.74) is 5.80. The van der Waals surface area contributed by atoms with E-state index in [1.54, 1.807) is 6.20 Å². The molecule has 0 saturated heterocycles. The highest BCUT2D eigenvalue weighted by atomic mass is 35.5. The second-order valence-electron chi connectivity index (χ2n) is 9.25. The first-order valence-electron chi connectivity index (χ1n) is 11.6. The Labute approximate surface area is 200 Å². The first kappa shape index (κ1) is 21.5. The molecule has 3 aliphatic rings. The molecule has 2 N–H and O–H groups in total. The number of H-pyrrole nitrogens is 1. The molecule has 3 aromatic heterocycles. The number of aromatic nitrogens is 4. The SMILES string of the molecule is CC(C)N1CCc2nc(Cl)nc(Oc3ncc4c(c3F)-c3[nH]c5c(c3CC4)C(=O)NCC5)c2C1. The number of fused-ring (bicyclic) bond motifs is 6. The van der Waals surface area contributed by atoms with Gasteiger partial charge in [-0.25, -0.2) is 14.4 Å². The molecule has 176 valence electrons. The zero-order valence-corrected chi connectivity index (χ0v) is 19.7. The van der Waals surface area contributed by atoms with Gasteiger partial charge in [0.2, 0.25) is 11.2 Å². The van der Waals surface area contributed by atoms with Crippen molar-refractivity contribution in [1.29, 1.82) is 0 Å². The second-order valence-corrected chi connectivity index (χ2v) is 9.59. The smallest absolute Gasteiger partial charge is 0.258 e. The van der Waals surface area contributed by atoms with Crippen molar-refractivity contribution < 1.29 is 13.9 Å². The molecule has 1 aliphatic carbocycles. The van der Waals surface area contributed by atoms with Gasteiger partial charge in [-0.05, 0) is 49.4 Å². The number of hydrogen-bond acceptors (Lipinski definition) is 6. The third-order valence-corrected chi connectivity index (χ3v) is 7.15. The highest BCUT2D eigenvalue weighted by molar-refractivity contribution is 6.28. The van der Waals surface area contributed by atoms with Crippen molar-refractivity contribution in [3.05, 3.63) is 50.9 Å². The molecule has 10 heteroatoms. The maximum atomic E-state index is 15.9. The molecule has 3 aromatic rings. The van der Waals surface area contributed by atoms with Crippen LogP contribution in [0.25, 0.3) is 11.3 Å². The fraction of sp³-hybridized carbons (Fsp3) is 0.417. The number of nitrogens with one attached hydrogen (secondary N) is 2. The Morgan fingerprint density at radius 1 is 1.12 bits per heavy atom. The number of carbonyl (C=O) groups is 1. The highest BCUT2D eigenvalue weighted by Crippen LogP contribution is 2.41. The number of carbonyl (C=O) groups excluding carboxylic acids is 1. The molecule has 6 rings (SSSR count). The van der Waals surface area contributed by atoms with Gasteiger partial charge in [-0.3, -0.25) is 9.69 Å². The van der Waals surface area contributed by atoms with Gasteiger partial charge < -0.3 is 15.0 Å². The van der Waals surface area contributed by atoms with Gasteiger partial charge in [-0.2, -0.15) is 4.98 Å². The standard InChI is InChI=1S/C24H24ClFN6O2/c1-11(2)32-8-6-15-14(10-32)22(31-24(25)30-15)34-23-19(26)17-12(9-28-23)3-4-13-18-16(29-20(13)17)5-7-27-21(18)33/h9,11,29H,3-8,10H2,1-2H3,(H,27,33). The number of hydrogen-bond donors (Lipinski definition) is 2. The summed E-state index contributed by atoms with van der Waals surface area (Å²) in [5, 5.41) is 2.95. The van der Waals surface area contributed by atoms with Gasteiger partial charge >= 0.3 is 0 Å². The number of rotatable bonds is 3. The Morgan fingerprint density at radius 3 is 2.79 bits per heavy atom. The highest BCUT2D eigenvalue weighted by Gasteiger charge is 2.33. The normalized spacial score (nSPS) is 17.0. The molecule has 0 unspecified atom stereocenters. The van der Waals surface area contributed by atoms with Crippen LogP contribution in [0.4, 0.5) is 4.39 Å². The Bertz CT molecular complexity index is 1340. The van der Waals surface area contributed by atoms with Crippen molar-refractivity contribution in [1.82, 2.24) is 30.2 Å². The summed E-state index contributed by atoms with van der Waals surface area (Å²) >= 11 is 6.17. The molecule has 0 fully saturated rings. The van der Waals surface area contributed by atoms with Crippen molar-refractivity contribution in [3.8, 4) is 23.0 Å². The molecule has 0 aromatic carbocycles. The Hall–Kier alpha value is -3.04. The Kier molecular flexibility index (Phi) is 5.07. The summed E-state index contributed by atoms with van der Waals surface area (Å²) in [5.74, 6) is -0.613. The van der Waals surface area contributed by atoms with E-state index in [1.807, 2.05) is 0 Å². The fourth-order valence-corrected chi connectivity index (χ4v) is 5.38. The minimum absolute atomic E-state index is 0.0652. The average Bonchev–Trinajstić information content (AvgIpc) is 3.20. The lowest BCUT2D eigenvalue weighted by atomic mass is 9.88. The molecule has 0 saturated carbocycles. The molecule has 8 nitrogen and oxygen atoms in total. The van der Waals surface area contributed by atoms with Gasteiger partial charge in [0.1, 0.15) is 0 Å². The summed E-state index contributed by atoms with van der Waals surface area (Å²) in [7, 11) is 0. The third kappa shape index (κ3) is 3.37. The Morgan fingerprint density at radius 2 is 1.97 bits per heavy atom. The molecule has 0 atom stereocenters. The maximum absolute atomic E-state index is 15.9. The van der Waals surface area contributed by atoms with Crippen molar-refractivity contribution in [2.75, 3.05) is 13.1 Å². The summed E-state index contributed by atoms with van der Waals surface area (Å²) in [6, 6.07) is 0.338. The van der Waals surface area contributed by atoms with Crippen LogP contribution in [0.2, 0.25) is 5.28 Å². The number of amides is 1. The van der Waals surface area contributed by atoms with Crippen LogP contribution >= 0.6 is 11.6 Å². The van der Waals surface area contributed by atoms with E-state index in [-0.39, 0.29) is 23.0 Å². The van der Waals surface area contributed by atoms with E-state index in [0.29, 0.717) is 61.6 Å². The van der Waals surface area contributed by atoms with E-state index in [2.05, 4.69) is 44.0 Å². The van der Waals surface area contributed by atoms with E-state index in [9.17, 15) is 4.79 Å². The molecule has 34 heavy (non-hydrogen) atoms. The van der Waals surface area contributed by atoms with Crippen molar-refractivity contribution in [2.45, 2.75) is 52.1 Å². The lowest BCUT2D eigenvalue weighted by molar-refractivity contribution is 0.0945. The second kappa shape index (κ2) is 8.02. The zero-order valence-electron chi connectivity index (χ0n) is 19.0. The summed E-state index contributed by atoms with van der Waals surface area (Å²) in [6.45, 7) is 6.27. The van der Waals surface area contributed by atoms with Crippen LogP contribution in [0.5, 0.6) is 11.8 Å². The maximum Gasteiger partial charge on any atom is 0.258 e. The minimum Gasteiger partial charge on any atom is -0.417 e. The van der Waals surface area contributed by atoms with Crippen LogP contribution in [0.15, 0.2) is 6.20 Å². The number of halogens is 2. The van der Waals surface area contributed by atoms with Crippen LogP contribution in [0.3, 0.4) is 0 Å². The van der Waals surface area contributed by atoms with Crippen molar-refractivity contribution >= 4 is 17.5 Å². The number of aromatic amines is 1. The molecule has 5 heterocycles. The van der Waals surface area contributed by atoms with Gasteiger partial charge in [-0.15, -0.1) is 0 Å². The van der Waals surface area contributed by atoms with Gasteiger partial charge in [-0.1, -0.05) is 0 Å². The van der Waals surface area contributed by atoms with Gasteiger partial charge in [0.05, 0.1) is 22.5 Å². The van der Waals surface area contributed by atoms with Gasteiger partial charge in [0, 0.05) is 56.0 Å². The van der Waals surface area contributed by atoms with Crippen LogP contribution < -0.4 is 10.1 Å². The lowest BCUT2D eigenvalue weighted by Gasteiger charge is -2.31. The number of aryl methyl sites for hydroxylation is 1. The van der Waals surface area contributed by atoms with E-state index in [4.69, 9.17) is 16.3 Å². The van der Waals surface area contributed by atoms with Crippen molar-refractivity contribution in [2.24, 2.45) is 0 Å². The molecular weight excluding hydrogens is 459 g/mol. The number of nitrogens with zero attached hydrogens (tertiary/aromatic N) is 4. The molecule has 0 radical (unpaired) electrons. The van der Waals surface area contributed by atoms with E-state index in [0.717, 1.165) is 34.6 Å². The van der Waals surface area contributed by atoms with E-state index in [1.165, 1.54) is 0 Å². The van der Waals surface area contributed by atoms with Crippen LogP contribution in [0, 0.1) is 5.82 Å². The number of pyridine rings is 1. The predicted molar refractivity (Wildman–Crippen MR) is 124 cm³/mol. The van der Waals surface area contributed by atoms with Crippen LogP contribution in [0.1, 0.15) is 52.3 Å².